The van der Waals surface area contributed by atoms with E-state index in [1.165, 1.54) is 12.1 Å². The van der Waals surface area contributed by atoms with E-state index in [2.05, 4.69) is 13.2 Å². The standard InChI is InChI=1S/C12H11F3O/c1-4-9(3)16-11-6-8(2)5-10(7-11)12(13,14)15/h4-7H,1,3H2,2H3. The summed E-state index contributed by atoms with van der Waals surface area (Å²) in [5.41, 5.74) is -0.263. The normalized spacial score (nSPS) is 11.0. The molecule has 0 aliphatic carbocycles. The molecule has 0 aliphatic rings. The van der Waals surface area contributed by atoms with E-state index in [1.54, 1.807) is 6.92 Å². The van der Waals surface area contributed by atoms with Crippen LogP contribution in [0.15, 0.2) is 43.2 Å². The Morgan fingerprint density at radius 3 is 2.44 bits per heavy atom. The Hall–Kier alpha value is -1.71. The molecule has 0 fully saturated rings. The van der Waals surface area contributed by atoms with Crippen LogP contribution in [-0.4, -0.2) is 0 Å². The Labute approximate surface area is 91.9 Å². The summed E-state index contributed by atoms with van der Waals surface area (Å²) < 4.78 is 42.5. The summed E-state index contributed by atoms with van der Waals surface area (Å²) in [4.78, 5) is 0. The molecule has 86 valence electrons. The molecule has 1 aromatic rings. The number of benzene rings is 1. The van der Waals surface area contributed by atoms with E-state index in [9.17, 15) is 13.2 Å². The number of aryl methyl sites for hydroxylation is 1. The van der Waals surface area contributed by atoms with Gasteiger partial charge in [0.1, 0.15) is 11.5 Å². The van der Waals surface area contributed by atoms with E-state index in [1.807, 2.05) is 0 Å². The number of allylic oxidation sites excluding steroid dienone is 1. The van der Waals surface area contributed by atoms with Crippen LogP contribution < -0.4 is 4.74 Å². The molecule has 0 atom stereocenters. The molecule has 0 bridgehead atoms. The van der Waals surface area contributed by atoms with Crippen molar-refractivity contribution in [1.82, 2.24) is 0 Å². The van der Waals surface area contributed by atoms with Gasteiger partial charge in [-0.15, -0.1) is 0 Å². The Balaban J connectivity index is 3.08. The Morgan fingerprint density at radius 2 is 1.94 bits per heavy atom. The van der Waals surface area contributed by atoms with E-state index in [0.717, 1.165) is 12.1 Å². The highest BCUT2D eigenvalue weighted by Crippen LogP contribution is 2.32. The van der Waals surface area contributed by atoms with Crippen LogP contribution in [0.1, 0.15) is 11.1 Å². The maximum atomic E-state index is 12.5. The fourth-order valence-corrected chi connectivity index (χ4v) is 1.16. The third-order valence-electron chi connectivity index (χ3n) is 1.85. The lowest BCUT2D eigenvalue weighted by atomic mass is 10.1. The van der Waals surface area contributed by atoms with E-state index in [4.69, 9.17) is 4.74 Å². The smallest absolute Gasteiger partial charge is 0.416 e. The molecule has 0 aliphatic heterocycles. The summed E-state index contributed by atoms with van der Waals surface area (Å²) in [6.07, 6.45) is -3.05. The molecule has 0 N–H and O–H groups in total. The number of hydrogen-bond acceptors (Lipinski definition) is 1. The molecule has 0 unspecified atom stereocenters. The van der Waals surface area contributed by atoms with Gasteiger partial charge in [-0.3, -0.25) is 0 Å². The zero-order valence-corrected chi connectivity index (χ0v) is 8.77. The quantitative estimate of drug-likeness (QED) is 0.559. The molecule has 0 aromatic heterocycles. The van der Waals surface area contributed by atoms with Crippen molar-refractivity contribution in [3.8, 4) is 5.75 Å². The molecule has 4 heteroatoms. The topological polar surface area (TPSA) is 9.23 Å². The highest BCUT2D eigenvalue weighted by atomic mass is 19.4. The lowest BCUT2D eigenvalue weighted by Crippen LogP contribution is -2.05. The molecule has 1 nitrogen and oxygen atoms in total. The van der Waals surface area contributed by atoms with Crippen molar-refractivity contribution in [1.29, 1.82) is 0 Å². The van der Waals surface area contributed by atoms with Gasteiger partial charge in [0.05, 0.1) is 5.56 Å². The SMILES string of the molecule is C=CC(=C)Oc1cc(C)cc(C(F)(F)F)c1. The van der Waals surface area contributed by atoms with Crippen molar-refractivity contribution in [2.45, 2.75) is 13.1 Å². The Bertz CT molecular complexity index is 419. The number of halogens is 3. The van der Waals surface area contributed by atoms with Crippen LogP contribution in [0.25, 0.3) is 0 Å². The predicted octanol–water partition coefficient (Wildman–Crippen LogP) is 4.09. The second-order valence-corrected chi connectivity index (χ2v) is 3.30. The molecular formula is C12H11F3O. The third kappa shape index (κ3) is 3.15. The van der Waals surface area contributed by atoms with Gasteiger partial charge < -0.3 is 4.74 Å². The maximum absolute atomic E-state index is 12.5. The number of rotatable bonds is 3. The highest BCUT2D eigenvalue weighted by molar-refractivity contribution is 5.36. The summed E-state index contributed by atoms with van der Waals surface area (Å²) >= 11 is 0. The molecule has 0 radical (unpaired) electrons. The van der Waals surface area contributed by atoms with Gasteiger partial charge in [-0.1, -0.05) is 13.2 Å². The molecule has 1 rings (SSSR count). The lowest BCUT2D eigenvalue weighted by Gasteiger charge is -2.11. The van der Waals surface area contributed by atoms with Crippen molar-refractivity contribution in [3.63, 3.8) is 0 Å². The minimum Gasteiger partial charge on any atom is -0.458 e. The monoisotopic (exact) mass is 228 g/mol. The van der Waals surface area contributed by atoms with Gasteiger partial charge in [0.25, 0.3) is 0 Å². The second-order valence-electron chi connectivity index (χ2n) is 3.30. The van der Waals surface area contributed by atoms with Gasteiger partial charge in [-0.05, 0) is 36.8 Å². The molecule has 16 heavy (non-hydrogen) atoms. The molecule has 0 saturated heterocycles. The van der Waals surface area contributed by atoms with Crippen LogP contribution >= 0.6 is 0 Å². The van der Waals surface area contributed by atoms with Crippen LogP contribution in [0.2, 0.25) is 0 Å². The van der Waals surface area contributed by atoms with Crippen molar-refractivity contribution < 1.29 is 17.9 Å². The van der Waals surface area contributed by atoms with Crippen LogP contribution in [0.3, 0.4) is 0 Å². The average Bonchev–Trinajstić information content (AvgIpc) is 2.15. The fourth-order valence-electron chi connectivity index (χ4n) is 1.16. The lowest BCUT2D eigenvalue weighted by molar-refractivity contribution is -0.137. The van der Waals surface area contributed by atoms with Crippen LogP contribution in [0.5, 0.6) is 5.75 Å². The molecule has 0 saturated carbocycles. The van der Waals surface area contributed by atoms with Crippen molar-refractivity contribution in [3.05, 3.63) is 54.3 Å². The van der Waals surface area contributed by atoms with Crippen molar-refractivity contribution in [2.24, 2.45) is 0 Å². The first-order valence-corrected chi connectivity index (χ1v) is 4.51. The summed E-state index contributed by atoms with van der Waals surface area (Å²) in [6, 6.07) is 3.50. The Morgan fingerprint density at radius 1 is 1.31 bits per heavy atom. The molecule has 0 amide bonds. The first-order valence-electron chi connectivity index (χ1n) is 4.51. The van der Waals surface area contributed by atoms with Crippen molar-refractivity contribution >= 4 is 0 Å². The van der Waals surface area contributed by atoms with Gasteiger partial charge >= 0.3 is 6.18 Å². The zero-order chi connectivity index (χ0) is 12.3. The van der Waals surface area contributed by atoms with E-state index < -0.39 is 11.7 Å². The number of ether oxygens (including phenoxy) is 1. The number of alkyl halides is 3. The molecule has 1 aromatic carbocycles. The van der Waals surface area contributed by atoms with Crippen LogP contribution in [-0.2, 0) is 6.18 Å². The first-order chi connectivity index (χ1) is 7.32. The van der Waals surface area contributed by atoms with Gasteiger partial charge in [-0.2, -0.15) is 13.2 Å². The van der Waals surface area contributed by atoms with E-state index in [-0.39, 0.29) is 11.5 Å². The second kappa shape index (κ2) is 4.43. The van der Waals surface area contributed by atoms with Crippen molar-refractivity contribution in [2.75, 3.05) is 0 Å². The van der Waals surface area contributed by atoms with Gasteiger partial charge in [-0.25, -0.2) is 0 Å². The highest BCUT2D eigenvalue weighted by Gasteiger charge is 2.31. The first kappa shape index (κ1) is 12.4. The maximum Gasteiger partial charge on any atom is 0.416 e. The van der Waals surface area contributed by atoms with E-state index >= 15 is 0 Å². The number of hydrogen-bond donors (Lipinski definition) is 0. The predicted molar refractivity (Wildman–Crippen MR) is 56.1 cm³/mol. The summed E-state index contributed by atoms with van der Waals surface area (Å²) in [5.74, 6) is 0.316. The summed E-state index contributed by atoms with van der Waals surface area (Å²) in [7, 11) is 0. The minimum atomic E-state index is -4.38. The molecular weight excluding hydrogens is 217 g/mol. The minimum absolute atomic E-state index is 0.109. The van der Waals surface area contributed by atoms with Gasteiger partial charge in [0.15, 0.2) is 0 Å². The van der Waals surface area contributed by atoms with Gasteiger partial charge in [0, 0.05) is 0 Å². The largest absolute Gasteiger partial charge is 0.458 e. The zero-order valence-electron chi connectivity index (χ0n) is 8.77. The summed E-state index contributed by atoms with van der Waals surface area (Å²) in [6.45, 7) is 8.44. The van der Waals surface area contributed by atoms with Crippen LogP contribution in [0.4, 0.5) is 13.2 Å². The van der Waals surface area contributed by atoms with Gasteiger partial charge in [0.2, 0.25) is 0 Å². The van der Waals surface area contributed by atoms with Crippen LogP contribution in [0, 0.1) is 6.92 Å². The molecule has 0 spiro atoms. The fraction of sp³-hybridized carbons (Fsp3) is 0.167. The summed E-state index contributed by atoms with van der Waals surface area (Å²) in [5, 5.41) is 0. The van der Waals surface area contributed by atoms with E-state index in [0.29, 0.717) is 5.56 Å². The molecule has 0 heterocycles. The Kier molecular flexibility index (Phi) is 3.42. The third-order valence-corrected chi connectivity index (χ3v) is 1.85. The average molecular weight is 228 g/mol.